The summed E-state index contributed by atoms with van der Waals surface area (Å²) in [6, 6.07) is 8.56. The minimum absolute atomic E-state index is 0.0898. The van der Waals surface area contributed by atoms with Gasteiger partial charge in [-0.25, -0.2) is 13.2 Å². The predicted molar refractivity (Wildman–Crippen MR) is 88.7 cm³/mol. The quantitative estimate of drug-likeness (QED) is 0.859. The molecule has 1 saturated carbocycles. The SMILES string of the molecule is O=C(NCC(=O)N(Cc1ccc(F)cc1)C1CC1)c1ccc(F)cc1F. The summed E-state index contributed by atoms with van der Waals surface area (Å²) in [5, 5.41) is 2.36. The highest BCUT2D eigenvalue weighted by Gasteiger charge is 2.32. The van der Waals surface area contributed by atoms with E-state index in [0.717, 1.165) is 30.5 Å². The zero-order valence-corrected chi connectivity index (χ0v) is 13.8. The highest BCUT2D eigenvalue weighted by Crippen LogP contribution is 2.28. The van der Waals surface area contributed by atoms with Crippen molar-refractivity contribution in [2.24, 2.45) is 0 Å². The molecule has 0 aromatic heterocycles. The summed E-state index contributed by atoms with van der Waals surface area (Å²) in [5.41, 5.74) is 0.457. The standard InChI is InChI=1S/C19H17F3N2O2/c20-13-3-1-12(2-4-13)11-24(15-6-7-15)18(25)10-23-19(26)16-8-5-14(21)9-17(16)22/h1-5,8-9,15H,6-7,10-11H2,(H,23,26). The maximum absolute atomic E-state index is 13.6. The van der Waals surface area contributed by atoms with Crippen molar-refractivity contribution in [1.29, 1.82) is 0 Å². The fraction of sp³-hybridized carbons (Fsp3) is 0.263. The molecule has 0 aliphatic heterocycles. The van der Waals surface area contributed by atoms with Gasteiger partial charge in [-0.3, -0.25) is 9.59 Å². The summed E-state index contributed by atoms with van der Waals surface area (Å²) in [6.07, 6.45) is 1.74. The van der Waals surface area contributed by atoms with Crippen molar-refractivity contribution in [3.8, 4) is 0 Å². The van der Waals surface area contributed by atoms with Crippen LogP contribution >= 0.6 is 0 Å². The van der Waals surface area contributed by atoms with Gasteiger partial charge in [-0.2, -0.15) is 0 Å². The third-order valence-electron chi connectivity index (χ3n) is 4.15. The van der Waals surface area contributed by atoms with Crippen molar-refractivity contribution in [2.45, 2.75) is 25.4 Å². The van der Waals surface area contributed by atoms with Crippen molar-refractivity contribution >= 4 is 11.8 Å². The first-order valence-corrected chi connectivity index (χ1v) is 8.21. The molecule has 2 aromatic rings. The maximum Gasteiger partial charge on any atom is 0.254 e. The molecule has 2 amide bonds. The number of hydrogen-bond donors (Lipinski definition) is 1. The summed E-state index contributed by atoms with van der Waals surface area (Å²) < 4.78 is 39.5. The van der Waals surface area contributed by atoms with Gasteiger partial charge in [0.25, 0.3) is 5.91 Å². The summed E-state index contributed by atoms with van der Waals surface area (Å²) >= 11 is 0. The maximum atomic E-state index is 13.6. The van der Waals surface area contributed by atoms with E-state index in [4.69, 9.17) is 0 Å². The van der Waals surface area contributed by atoms with Gasteiger partial charge in [-0.05, 0) is 42.7 Å². The molecule has 26 heavy (non-hydrogen) atoms. The van der Waals surface area contributed by atoms with Crippen LogP contribution in [-0.4, -0.2) is 29.3 Å². The van der Waals surface area contributed by atoms with Crippen LogP contribution in [0, 0.1) is 17.5 Å². The van der Waals surface area contributed by atoms with E-state index in [2.05, 4.69) is 5.32 Å². The molecule has 0 heterocycles. The van der Waals surface area contributed by atoms with Gasteiger partial charge in [0.2, 0.25) is 5.91 Å². The monoisotopic (exact) mass is 362 g/mol. The Bertz CT molecular complexity index is 820. The molecule has 0 atom stereocenters. The molecule has 4 nitrogen and oxygen atoms in total. The number of nitrogens with zero attached hydrogens (tertiary/aromatic N) is 1. The van der Waals surface area contributed by atoms with Crippen molar-refractivity contribution < 1.29 is 22.8 Å². The van der Waals surface area contributed by atoms with E-state index in [1.165, 1.54) is 12.1 Å². The van der Waals surface area contributed by atoms with Crippen LogP contribution in [0.4, 0.5) is 13.2 Å². The normalized spacial score (nSPS) is 13.3. The van der Waals surface area contributed by atoms with Gasteiger partial charge in [0, 0.05) is 18.7 Å². The number of halogens is 3. The number of hydrogen-bond acceptors (Lipinski definition) is 2. The lowest BCUT2D eigenvalue weighted by molar-refractivity contribution is -0.131. The Morgan fingerprint density at radius 2 is 1.65 bits per heavy atom. The zero-order chi connectivity index (χ0) is 18.7. The van der Waals surface area contributed by atoms with E-state index in [1.807, 2.05) is 0 Å². The summed E-state index contributed by atoms with van der Waals surface area (Å²) in [6.45, 7) is 0.0118. The van der Waals surface area contributed by atoms with E-state index in [-0.39, 0.29) is 29.9 Å². The molecule has 0 saturated heterocycles. The van der Waals surface area contributed by atoms with Crippen molar-refractivity contribution in [3.05, 3.63) is 71.0 Å². The first-order valence-electron chi connectivity index (χ1n) is 8.21. The van der Waals surface area contributed by atoms with Crippen LogP contribution in [0.5, 0.6) is 0 Å². The minimum Gasteiger partial charge on any atom is -0.343 e. The molecular formula is C19H17F3N2O2. The van der Waals surface area contributed by atoms with Crippen LogP contribution in [-0.2, 0) is 11.3 Å². The fourth-order valence-corrected chi connectivity index (χ4v) is 2.62. The second-order valence-corrected chi connectivity index (χ2v) is 6.19. The fourth-order valence-electron chi connectivity index (χ4n) is 2.62. The number of amides is 2. The average molecular weight is 362 g/mol. The molecule has 0 unspecified atom stereocenters. The molecule has 0 bridgehead atoms. The van der Waals surface area contributed by atoms with Gasteiger partial charge in [-0.1, -0.05) is 12.1 Å². The van der Waals surface area contributed by atoms with E-state index in [9.17, 15) is 22.8 Å². The average Bonchev–Trinajstić information content (AvgIpc) is 3.44. The molecule has 7 heteroatoms. The van der Waals surface area contributed by atoms with E-state index < -0.39 is 17.5 Å². The lowest BCUT2D eigenvalue weighted by Crippen LogP contribution is -2.41. The molecular weight excluding hydrogens is 345 g/mol. The number of nitrogens with one attached hydrogen (secondary N) is 1. The van der Waals surface area contributed by atoms with E-state index >= 15 is 0 Å². The summed E-state index contributed by atoms with van der Waals surface area (Å²) in [5.74, 6) is -3.22. The second kappa shape index (κ2) is 7.59. The van der Waals surface area contributed by atoms with Crippen LogP contribution in [0.25, 0.3) is 0 Å². The molecule has 136 valence electrons. The van der Waals surface area contributed by atoms with Crippen LogP contribution in [0.3, 0.4) is 0 Å². The number of rotatable bonds is 6. The van der Waals surface area contributed by atoms with Crippen molar-refractivity contribution in [3.63, 3.8) is 0 Å². The molecule has 1 aliphatic carbocycles. The molecule has 1 fully saturated rings. The van der Waals surface area contributed by atoms with Gasteiger partial charge in [-0.15, -0.1) is 0 Å². The number of carbonyl (C=O) groups is 2. The van der Waals surface area contributed by atoms with E-state index in [0.29, 0.717) is 12.6 Å². The first-order chi connectivity index (χ1) is 12.4. The zero-order valence-electron chi connectivity index (χ0n) is 13.8. The van der Waals surface area contributed by atoms with Gasteiger partial charge in [0.1, 0.15) is 17.5 Å². The Morgan fingerprint density at radius 3 is 2.27 bits per heavy atom. The highest BCUT2D eigenvalue weighted by molar-refractivity contribution is 5.96. The lowest BCUT2D eigenvalue weighted by atomic mass is 10.2. The molecule has 1 aliphatic rings. The molecule has 2 aromatic carbocycles. The Balaban J connectivity index is 1.61. The largest absolute Gasteiger partial charge is 0.343 e. The molecule has 0 radical (unpaired) electrons. The summed E-state index contributed by atoms with van der Waals surface area (Å²) in [7, 11) is 0. The smallest absolute Gasteiger partial charge is 0.254 e. The van der Waals surface area contributed by atoms with Crippen LogP contribution in [0.2, 0.25) is 0 Å². The minimum atomic E-state index is -0.986. The van der Waals surface area contributed by atoms with Gasteiger partial charge in [0.05, 0.1) is 12.1 Å². The number of benzene rings is 2. The van der Waals surface area contributed by atoms with Gasteiger partial charge in [0.15, 0.2) is 0 Å². The van der Waals surface area contributed by atoms with Gasteiger partial charge >= 0.3 is 0 Å². The highest BCUT2D eigenvalue weighted by atomic mass is 19.1. The third-order valence-corrected chi connectivity index (χ3v) is 4.15. The van der Waals surface area contributed by atoms with Crippen LogP contribution < -0.4 is 5.32 Å². The first kappa shape index (κ1) is 18.0. The lowest BCUT2D eigenvalue weighted by Gasteiger charge is -2.23. The molecule has 3 rings (SSSR count). The Hall–Kier alpha value is -2.83. The topological polar surface area (TPSA) is 49.4 Å². The van der Waals surface area contributed by atoms with Crippen LogP contribution in [0.1, 0.15) is 28.8 Å². The summed E-state index contributed by atoms with van der Waals surface area (Å²) in [4.78, 5) is 26.1. The molecule has 1 N–H and O–H groups in total. The second-order valence-electron chi connectivity index (χ2n) is 6.19. The van der Waals surface area contributed by atoms with Crippen molar-refractivity contribution in [2.75, 3.05) is 6.54 Å². The van der Waals surface area contributed by atoms with Crippen molar-refractivity contribution in [1.82, 2.24) is 10.2 Å². The van der Waals surface area contributed by atoms with Gasteiger partial charge < -0.3 is 10.2 Å². The Labute approximate surface area is 148 Å². The number of carbonyl (C=O) groups excluding carboxylic acids is 2. The predicted octanol–water partition coefficient (Wildman–Crippen LogP) is 3.02. The van der Waals surface area contributed by atoms with Crippen LogP contribution in [0.15, 0.2) is 42.5 Å². The molecule has 0 spiro atoms. The third kappa shape index (κ3) is 4.41. The van der Waals surface area contributed by atoms with E-state index in [1.54, 1.807) is 17.0 Å². The Kier molecular flexibility index (Phi) is 5.25. The Morgan fingerprint density at radius 1 is 1.00 bits per heavy atom.